The number of nitrogen functional groups attached to an aromatic ring is 1. The zero-order valence-electron chi connectivity index (χ0n) is 24.2. The van der Waals surface area contributed by atoms with E-state index in [4.69, 9.17) is 15.5 Å². The van der Waals surface area contributed by atoms with E-state index in [-0.39, 0.29) is 27.6 Å². The van der Waals surface area contributed by atoms with Crippen LogP contribution in [-0.4, -0.2) is 30.9 Å². The summed E-state index contributed by atoms with van der Waals surface area (Å²) in [5, 5.41) is 10.9. The number of halogens is 2. The summed E-state index contributed by atoms with van der Waals surface area (Å²) in [6.07, 6.45) is 6.04. The number of hydrogen-bond acceptors (Lipinski definition) is 7. The average molecular weight is 574 g/mol. The Hall–Kier alpha value is -3.29. The molecule has 10 heteroatoms. The lowest BCUT2D eigenvalue weighted by atomic mass is 9.85. The largest absolute Gasteiger partial charge is 0.389 e. The third-order valence-electron chi connectivity index (χ3n) is 8.88. The first-order chi connectivity index (χ1) is 19.7. The molecule has 6 rings (SSSR count). The summed E-state index contributed by atoms with van der Waals surface area (Å²) in [6, 6.07) is 2.15. The molecule has 1 aromatic carbocycles. The van der Waals surface area contributed by atoms with Gasteiger partial charge in [0.25, 0.3) is 0 Å². The molecule has 2 fully saturated rings. The highest BCUT2D eigenvalue weighted by Gasteiger charge is 2.53. The fourth-order valence-electron chi connectivity index (χ4n) is 6.23. The van der Waals surface area contributed by atoms with Gasteiger partial charge in [0.1, 0.15) is 22.4 Å². The minimum absolute atomic E-state index is 0.158. The molecular weight excluding hydrogens is 539 g/mol. The lowest BCUT2D eigenvalue weighted by Gasteiger charge is -2.21. The number of anilines is 2. The van der Waals surface area contributed by atoms with Gasteiger partial charge in [-0.25, -0.2) is 18.7 Å². The van der Waals surface area contributed by atoms with E-state index < -0.39 is 11.6 Å². The second-order valence-corrected chi connectivity index (χ2v) is 12.1. The molecule has 41 heavy (non-hydrogen) atoms. The van der Waals surface area contributed by atoms with Gasteiger partial charge in [-0.2, -0.15) is 5.26 Å². The second-order valence-electron chi connectivity index (χ2n) is 11.0. The molecule has 3 aromatic rings. The van der Waals surface area contributed by atoms with Crippen molar-refractivity contribution in [3.05, 3.63) is 56.4 Å². The van der Waals surface area contributed by atoms with Gasteiger partial charge in [-0.15, -0.1) is 11.3 Å². The van der Waals surface area contributed by atoms with Gasteiger partial charge in [-0.3, -0.25) is 0 Å². The van der Waals surface area contributed by atoms with Crippen LogP contribution >= 0.6 is 11.3 Å². The van der Waals surface area contributed by atoms with Crippen molar-refractivity contribution in [2.75, 3.05) is 23.7 Å². The normalized spacial score (nSPS) is 19.6. The van der Waals surface area contributed by atoms with Crippen molar-refractivity contribution in [1.29, 1.82) is 5.26 Å². The maximum absolute atomic E-state index is 16.9. The third-order valence-corrected chi connectivity index (χ3v) is 9.91. The summed E-state index contributed by atoms with van der Waals surface area (Å²) >= 11 is 1.01. The third kappa shape index (κ3) is 4.63. The van der Waals surface area contributed by atoms with Gasteiger partial charge in [0.05, 0.1) is 31.5 Å². The van der Waals surface area contributed by atoms with Gasteiger partial charge >= 0.3 is 0 Å². The summed E-state index contributed by atoms with van der Waals surface area (Å²) in [5.74, 6) is 0.0634. The van der Waals surface area contributed by atoms with Crippen LogP contribution in [0.25, 0.3) is 22.3 Å². The highest BCUT2D eigenvalue weighted by atomic mass is 32.1. The number of thiophene rings is 1. The van der Waals surface area contributed by atoms with Crippen LogP contribution in [-0.2, 0) is 18.0 Å². The minimum Gasteiger partial charge on any atom is -0.389 e. The number of hydrogen-bond donors (Lipinski definition) is 1. The lowest BCUT2D eigenvalue weighted by Crippen LogP contribution is -2.22. The number of fused-ring (bicyclic) bond motifs is 3. The molecule has 2 aromatic heterocycles. The first-order valence-electron chi connectivity index (χ1n) is 14.0. The predicted molar refractivity (Wildman–Crippen MR) is 163 cm³/mol. The maximum atomic E-state index is 16.9. The number of nitrogens with zero attached hydrogens (tertiary/aromatic N) is 4. The van der Waals surface area contributed by atoms with Gasteiger partial charge in [-0.1, -0.05) is 32.3 Å². The van der Waals surface area contributed by atoms with Gasteiger partial charge in [0, 0.05) is 35.8 Å². The van der Waals surface area contributed by atoms with Crippen molar-refractivity contribution in [2.24, 2.45) is 11.3 Å². The highest BCUT2D eigenvalue weighted by Crippen LogP contribution is 2.56. The summed E-state index contributed by atoms with van der Waals surface area (Å²) in [7, 11) is 4.50. The molecule has 6 nitrogen and oxygen atoms in total. The summed E-state index contributed by atoms with van der Waals surface area (Å²) < 4.78 is 37.9. The van der Waals surface area contributed by atoms with Crippen LogP contribution in [0.15, 0.2) is 17.8 Å². The Morgan fingerprint density at radius 3 is 2.63 bits per heavy atom. The minimum atomic E-state index is -0.505. The Labute approximate surface area is 245 Å². The van der Waals surface area contributed by atoms with Crippen molar-refractivity contribution in [3.63, 3.8) is 0 Å². The fourth-order valence-corrected chi connectivity index (χ4v) is 7.22. The molecule has 2 N–H and O–H groups in total. The van der Waals surface area contributed by atoms with Crippen LogP contribution in [0.1, 0.15) is 79.7 Å². The number of nitrogens with two attached hydrogens (primary N) is 1. The molecule has 3 aliphatic rings. The Balaban J connectivity index is 0.00000165. The van der Waals surface area contributed by atoms with Crippen molar-refractivity contribution in [1.82, 2.24) is 9.97 Å². The topological polar surface area (TPSA) is 88.1 Å². The molecule has 0 amide bonds. The molecule has 212 valence electrons. The van der Waals surface area contributed by atoms with E-state index in [9.17, 15) is 5.26 Å². The summed E-state index contributed by atoms with van der Waals surface area (Å²) in [4.78, 5) is 11.9. The van der Waals surface area contributed by atoms with E-state index in [1.165, 1.54) is 25.7 Å². The molecule has 1 atom stereocenters. The molecule has 1 unspecified atom stereocenters. The average Bonchev–Trinajstić information content (AvgIpc) is 3.31. The number of aromatic nitrogens is 2. The Kier molecular flexibility index (Phi) is 7.97. The van der Waals surface area contributed by atoms with E-state index in [0.29, 0.717) is 58.0 Å². The Morgan fingerprint density at radius 1 is 1.32 bits per heavy atom. The quantitative estimate of drug-likeness (QED) is 0.322. The van der Waals surface area contributed by atoms with E-state index >= 15 is 8.78 Å². The standard InChI is InChI=1S/C30H31F2N5OS.CH3B/c1-5-15(3)22(24-17(9-33)28(34)39-27(24)21(31)6-2)23-20-13-38-12-19(20)18-10-35-29(36-26(18)25(23)32)37-11-16(4)30(14-37)7-8-30;1-2/h6,10,16H,5,7-8,11-14,34H2,1-4H3;1H3/b21-6+,22-15+;. The molecule has 2 radical (unpaired) electrons. The van der Waals surface area contributed by atoms with Crippen LogP contribution in [0.3, 0.4) is 0 Å². The number of ether oxygens (including phenoxy) is 1. The smallest absolute Gasteiger partial charge is 0.226 e. The second kappa shape index (κ2) is 11.2. The molecule has 1 saturated carbocycles. The molecule has 1 spiro atoms. The lowest BCUT2D eigenvalue weighted by molar-refractivity contribution is 0.134. The van der Waals surface area contributed by atoms with Crippen molar-refractivity contribution in [2.45, 2.75) is 67.0 Å². The monoisotopic (exact) mass is 573 g/mol. The maximum Gasteiger partial charge on any atom is 0.226 e. The van der Waals surface area contributed by atoms with Crippen LogP contribution in [0.5, 0.6) is 0 Å². The SMILES string of the molecule is C/C=C(/F)c1sc(N)c(C#N)c1/C(=C(\C)CC)c1c2c(c3cnc(N4CC(C)C5(CC5)C4)nc3c1F)COC2.[B]C. The first kappa shape index (κ1) is 29.2. The number of allylic oxidation sites excluding steroid dienone is 2. The highest BCUT2D eigenvalue weighted by molar-refractivity contribution is 7.17. The van der Waals surface area contributed by atoms with Gasteiger partial charge in [0.15, 0.2) is 5.82 Å². The van der Waals surface area contributed by atoms with Crippen LogP contribution in [0.2, 0.25) is 6.82 Å². The Morgan fingerprint density at radius 2 is 2.02 bits per heavy atom. The predicted octanol–water partition coefficient (Wildman–Crippen LogP) is 7.32. The number of benzene rings is 1. The van der Waals surface area contributed by atoms with E-state index in [1.54, 1.807) is 13.1 Å². The van der Waals surface area contributed by atoms with Gasteiger partial charge in [0.2, 0.25) is 5.95 Å². The van der Waals surface area contributed by atoms with E-state index in [0.717, 1.165) is 35.6 Å². The summed E-state index contributed by atoms with van der Waals surface area (Å²) in [6.45, 7) is 11.4. The van der Waals surface area contributed by atoms with Crippen molar-refractivity contribution in [3.8, 4) is 6.07 Å². The van der Waals surface area contributed by atoms with E-state index in [1.807, 2.05) is 13.8 Å². The van der Waals surface area contributed by atoms with E-state index in [2.05, 4.69) is 30.7 Å². The zero-order valence-corrected chi connectivity index (χ0v) is 25.0. The molecule has 1 aliphatic carbocycles. The number of rotatable bonds is 5. The van der Waals surface area contributed by atoms with Gasteiger partial charge < -0.3 is 15.4 Å². The zero-order chi connectivity index (χ0) is 29.6. The van der Waals surface area contributed by atoms with Crippen molar-refractivity contribution >= 4 is 52.4 Å². The molecule has 0 bridgehead atoms. The Bertz CT molecular complexity index is 1640. The molecule has 4 heterocycles. The summed E-state index contributed by atoms with van der Waals surface area (Å²) in [5.41, 5.74) is 10.4. The molecule has 1 saturated heterocycles. The van der Waals surface area contributed by atoms with Gasteiger partial charge in [-0.05, 0) is 61.1 Å². The van der Waals surface area contributed by atoms with Crippen LogP contribution in [0, 0.1) is 28.5 Å². The molecular formula is C31H34BF2N5OS. The van der Waals surface area contributed by atoms with Crippen molar-refractivity contribution < 1.29 is 13.5 Å². The number of nitriles is 1. The first-order valence-corrected chi connectivity index (χ1v) is 14.8. The van der Waals surface area contributed by atoms with Crippen LogP contribution in [0.4, 0.5) is 19.7 Å². The molecule has 2 aliphatic heterocycles. The van der Waals surface area contributed by atoms with Crippen LogP contribution < -0.4 is 10.6 Å². The fraction of sp³-hybridized carbons (Fsp3) is 0.452.